The highest BCUT2D eigenvalue weighted by atomic mass is 16.5. The van der Waals surface area contributed by atoms with Gasteiger partial charge in [0, 0.05) is 61.3 Å². The van der Waals surface area contributed by atoms with Crippen LogP contribution < -0.4 is 9.47 Å². The fourth-order valence-corrected chi connectivity index (χ4v) is 7.39. The minimum absolute atomic E-state index is 0.0393. The van der Waals surface area contributed by atoms with E-state index in [4.69, 9.17) is 9.47 Å². The summed E-state index contributed by atoms with van der Waals surface area (Å²) in [7, 11) is 0. The van der Waals surface area contributed by atoms with Gasteiger partial charge in [-0.1, -0.05) is 86.6 Å². The van der Waals surface area contributed by atoms with E-state index in [-0.39, 0.29) is 36.2 Å². The molecule has 8 bridgehead atoms. The summed E-state index contributed by atoms with van der Waals surface area (Å²) in [5.41, 5.74) is 5.13. The highest BCUT2D eigenvalue weighted by molar-refractivity contribution is 5.90. The fourth-order valence-electron chi connectivity index (χ4n) is 7.39. The largest absolute Gasteiger partial charge is 0.507 e. The van der Waals surface area contributed by atoms with Gasteiger partial charge in [0.05, 0.1) is 25.0 Å². The zero-order valence-corrected chi connectivity index (χ0v) is 31.6. The molecule has 52 heavy (non-hydrogen) atoms. The summed E-state index contributed by atoms with van der Waals surface area (Å²) in [5, 5.41) is 24.3. The quantitative estimate of drug-likeness (QED) is 0.154. The van der Waals surface area contributed by atoms with Crippen LogP contribution in [-0.2, 0) is 22.4 Å². The molecule has 0 saturated carbocycles. The second kappa shape index (κ2) is 17.5. The Morgan fingerprint density at radius 3 is 1.19 bits per heavy atom. The number of rotatable bonds is 12. The maximum Gasteiger partial charge on any atom is 0.234 e. The Bertz CT molecular complexity index is 1730. The standard InChI is InChI=1S/C44H54N2O6/c1-7-25-51-41-31-19-15-23-35(41)37(43(49)45(9-3)10-4)33-21-14-18-30(40(33)48)28-32-20-16-24-36(42(32)52-26-8-2)38(44(50)46(11-5)12-6)34-22-13-17-29(27-31)39(34)47/h13-24,37-38,47-48H,7-12,25-28H2,1-6H3/t37-,38-/m1/s1. The summed E-state index contributed by atoms with van der Waals surface area (Å²) in [6.45, 7) is 14.8. The van der Waals surface area contributed by atoms with Crippen molar-refractivity contribution in [2.24, 2.45) is 0 Å². The van der Waals surface area contributed by atoms with Gasteiger partial charge in [0.15, 0.2) is 0 Å². The summed E-state index contributed by atoms with van der Waals surface area (Å²) < 4.78 is 13.0. The third kappa shape index (κ3) is 7.62. The minimum atomic E-state index is -0.849. The zero-order chi connectivity index (χ0) is 37.4. The van der Waals surface area contributed by atoms with Crippen molar-refractivity contribution in [1.29, 1.82) is 0 Å². The molecule has 2 amide bonds. The Balaban J connectivity index is 1.89. The number of nitrogens with zero attached hydrogens (tertiary/aromatic N) is 2. The van der Waals surface area contributed by atoms with Crippen molar-refractivity contribution in [3.8, 4) is 23.0 Å². The van der Waals surface area contributed by atoms with Gasteiger partial charge in [-0.3, -0.25) is 9.59 Å². The van der Waals surface area contributed by atoms with Gasteiger partial charge in [0.25, 0.3) is 0 Å². The molecule has 8 nitrogen and oxygen atoms in total. The highest BCUT2D eigenvalue weighted by Gasteiger charge is 2.35. The van der Waals surface area contributed by atoms with Crippen molar-refractivity contribution >= 4 is 11.8 Å². The number of hydrogen-bond acceptors (Lipinski definition) is 6. The molecule has 2 atom stereocenters. The van der Waals surface area contributed by atoms with Crippen LogP contribution in [0.15, 0.2) is 72.8 Å². The van der Waals surface area contributed by atoms with E-state index in [1.165, 1.54) is 0 Å². The van der Waals surface area contributed by atoms with Gasteiger partial charge in [-0.05, 0) is 62.8 Å². The molecule has 0 heterocycles. The van der Waals surface area contributed by atoms with Crippen molar-refractivity contribution in [2.45, 2.75) is 79.1 Å². The number of phenols is 2. The summed E-state index contributed by atoms with van der Waals surface area (Å²) in [6.07, 6.45) is 2.07. The number of ether oxygens (including phenoxy) is 2. The summed E-state index contributed by atoms with van der Waals surface area (Å²) >= 11 is 0. The van der Waals surface area contributed by atoms with Crippen molar-refractivity contribution < 1.29 is 29.3 Å². The van der Waals surface area contributed by atoms with E-state index < -0.39 is 11.8 Å². The van der Waals surface area contributed by atoms with Crippen LogP contribution in [0.25, 0.3) is 0 Å². The monoisotopic (exact) mass is 706 g/mol. The molecule has 0 aliphatic heterocycles. The molecule has 4 aromatic carbocycles. The van der Waals surface area contributed by atoms with Crippen LogP contribution >= 0.6 is 0 Å². The smallest absolute Gasteiger partial charge is 0.234 e. The number of fused-ring (bicyclic) bond motifs is 8. The number of para-hydroxylation sites is 4. The molecular weight excluding hydrogens is 652 g/mol. The predicted octanol–water partition coefficient (Wildman–Crippen LogP) is 8.17. The fraction of sp³-hybridized carbons (Fsp3) is 0.409. The highest BCUT2D eigenvalue weighted by Crippen LogP contribution is 2.45. The molecule has 1 aliphatic rings. The Morgan fingerprint density at radius 2 is 0.865 bits per heavy atom. The molecule has 8 heteroatoms. The predicted molar refractivity (Wildman–Crippen MR) is 206 cm³/mol. The van der Waals surface area contributed by atoms with Crippen molar-refractivity contribution in [3.05, 3.63) is 117 Å². The molecule has 0 saturated heterocycles. The second-order valence-electron chi connectivity index (χ2n) is 13.3. The first-order valence-corrected chi connectivity index (χ1v) is 18.9. The number of hydrogen-bond donors (Lipinski definition) is 2. The Labute approximate surface area is 309 Å². The molecule has 2 N–H and O–H groups in total. The number of phenolic OH excluding ortho intramolecular Hbond substituents is 2. The van der Waals surface area contributed by atoms with Crippen LogP contribution in [0.2, 0.25) is 0 Å². The van der Waals surface area contributed by atoms with Crippen LogP contribution in [0.4, 0.5) is 0 Å². The lowest BCUT2D eigenvalue weighted by molar-refractivity contribution is -0.132. The first kappa shape index (κ1) is 38.3. The van der Waals surface area contributed by atoms with Crippen molar-refractivity contribution in [1.82, 2.24) is 9.80 Å². The van der Waals surface area contributed by atoms with E-state index in [2.05, 4.69) is 0 Å². The lowest BCUT2D eigenvalue weighted by Crippen LogP contribution is -2.35. The van der Waals surface area contributed by atoms with Crippen LogP contribution in [0, 0.1) is 0 Å². The van der Waals surface area contributed by atoms with Crippen LogP contribution in [0.5, 0.6) is 23.0 Å². The maximum absolute atomic E-state index is 14.6. The average Bonchev–Trinajstić information content (AvgIpc) is 3.14. The molecule has 0 unspecified atom stereocenters. The lowest BCUT2D eigenvalue weighted by atomic mass is 9.82. The zero-order valence-electron chi connectivity index (χ0n) is 31.6. The number of amides is 2. The molecule has 0 spiro atoms. The number of likely N-dealkylation sites (N-methyl/N-ethyl adjacent to an activating group) is 2. The third-order valence-electron chi connectivity index (χ3n) is 10.1. The van der Waals surface area contributed by atoms with Gasteiger partial charge in [-0.25, -0.2) is 0 Å². The van der Waals surface area contributed by atoms with E-state index in [9.17, 15) is 19.8 Å². The average molecular weight is 707 g/mol. The summed E-state index contributed by atoms with van der Waals surface area (Å²) in [5.74, 6) is -0.756. The number of aromatic hydroxyl groups is 2. The van der Waals surface area contributed by atoms with Crippen molar-refractivity contribution in [2.75, 3.05) is 39.4 Å². The van der Waals surface area contributed by atoms with Gasteiger partial charge in [0.1, 0.15) is 23.0 Å². The third-order valence-corrected chi connectivity index (χ3v) is 10.1. The van der Waals surface area contributed by atoms with E-state index in [0.717, 1.165) is 24.0 Å². The molecule has 0 aromatic heterocycles. The maximum atomic E-state index is 14.6. The minimum Gasteiger partial charge on any atom is -0.507 e. The van der Waals surface area contributed by atoms with Crippen LogP contribution in [-0.4, -0.2) is 71.2 Å². The van der Waals surface area contributed by atoms with E-state index >= 15 is 0 Å². The lowest BCUT2D eigenvalue weighted by Gasteiger charge is -2.30. The first-order chi connectivity index (χ1) is 25.2. The SMILES string of the molecule is CCCOc1c2cccc1[C@H](C(=O)N(CC)CC)c1cccc(c1O)Cc1cccc(c1OCCC)[C@H](C(=O)N(CC)CC)c1cccc(c1O)C2. The second-order valence-corrected chi connectivity index (χ2v) is 13.3. The molecule has 0 radical (unpaired) electrons. The van der Waals surface area contributed by atoms with Gasteiger partial charge in [-0.15, -0.1) is 0 Å². The molecule has 276 valence electrons. The van der Waals surface area contributed by atoms with Crippen LogP contribution in [0.1, 0.15) is 111 Å². The number of benzene rings is 4. The van der Waals surface area contributed by atoms with E-state index in [1.807, 2.05) is 114 Å². The molecule has 1 aliphatic carbocycles. The molecule has 0 fully saturated rings. The normalized spacial score (nSPS) is 15.1. The van der Waals surface area contributed by atoms with Gasteiger partial charge < -0.3 is 29.5 Å². The Kier molecular flexibility index (Phi) is 12.9. The summed E-state index contributed by atoms with van der Waals surface area (Å²) in [4.78, 5) is 32.7. The number of carbonyl (C=O) groups excluding carboxylic acids is 2. The van der Waals surface area contributed by atoms with Crippen LogP contribution in [0.3, 0.4) is 0 Å². The molecule has 4 aromatic rings. The van der Waals surface area contributed by atoms with E-state index in [1.54, 1.807) is 9.80 Å². The Morgan fingerprint density at radius 1 is 0.538 bits per heavy atom. The van der Waals surface area contributed by atoms with Gasteiger partial charge >= 0.3 is 0 Å². The van der Waals surface area contributed by atoms with Gasteiger partial charge in [0.2, 0.25) is 11.8 Å². The number of carbonyl (C=O) groups is 2. The van der Waals surface area contributed by atoms with E-state index in [0.29, 0.717) is 84.3 Å². The van der Waals surface area contributed by atoms with Crippen molar-refractivity contribution in [3.63, 3.8) is 0 Å². The first-order valence-electron chi connectivity index (χ1n) is 18.9. The Hall–Kier alpha value is -4.98. The molecular formula is C44H54N2O6. The molecule has 5 rings (SSSR count). The summed E-state index contributed by atoms with van der Waals surface area (Å²) in [6, 6.07) is 22.7. The van der Waals surface area contributed by atoms with Gasteiger partial charge in [-0.2, -0.15) is 0 Å². The topological polar surface area (TPSA) is 99.5 Å².